The summed E-state index contributed by atoms with van der Waals surface area (Å²) >= 11 is 11.7. The fourth-order valence-electron chi connectivity index (χ4n) is 2.53. The summed E-state index contributed by atoms with van der Waals surface area (Å²) in [6.45, 7) is 7.37. The lowest BCUT2D eigenvalue weighted by Crippen LogP contribution is -2.46. The zero-order valence-corrected chi connectivity index (χ0v) is 14.5. The number of thioether (sulfide) groups is 1. The molecule has 1 aliphatic rings. The lowest BCUT2D eigenvalue weighted by Gasteiger charge is -2.41. The molecule has 19 heavy (non-hydrogen) atoms. The predicted molar refractivity (Wildman–Crippen MR) is 89.1 cm³/mol. The number of halogens is 2. The number of nitrogens with two attached hydrogens (primary N) is 1. The fraction of sp³-hybridized carbons (Fsp3) is 0.571. The van der Waals surface area contributed by atoms with Crippen molar-refractivity contribution < 1.29 is 0 Å². The van der Waals surface area contributed by atoms with Gasteiger partial charge < -0.3 is 5.73 Å². The Kier molecular flexibility index (Phi) is 5.23. The predicted octanol–water partition coefficient (Wildman–Crippen LogP) is 3.93. The largest absolute Gasteiger partial charge is 0.329 e. The molecule has 1 aliphatic heterocycles. The van der Waals surface area contributed by atoms with Crippen molar-refractivity contribution in [2.24, 2.45) is 5.73 Å². The molecule has 1 aromatic rings. The highest BCUT2D eigenvalue weighted by molar-refractivity contribution is 9.10. The molecule has 0 amide bonds. The Labute approximate surface area is 133 Å². The van der Waals surface area contributed by atoms with Crippen LogP contribution in [0.5, 0.6) is 0 Å². The van der Waals surface area contributed by atoms with Crippen molar-refractivity contribution >= 4 is 39.3 Å². The maximum atomic E-state index is 6.20. The molecule has 0 spiro atoms. The summed E-state index contributed by atoms with van der Waals surface area (Å²) in [4.78, 5) is 2.48. The van der Waals surface area contributed by atoms with Gasteiger partial charge in [-0.15, -0.1) is 0 Å². The van der Waals surface area contributed by atoms with E-state index in [0.29, 0.717) is 11.3 Å². The van der Waals surface area contributed by atoms with Crippen molar-refractivity contribution in [3.05, 3.63) is 33.3 Å². The molecule has 0 radical (unpaired) electrons. The number of nitrogens with zero attached hydrogens (tertiary/aromatic N) is 1. The fourth-order valence-corrected chi connectivity index (χ4v) is 4.11. The van der Waals surface area contributed by atoms with E-state index < -0.39 is 0 Å². The minimum absolute atomic E-state index is 0.255. The van der Waals surface area contributed by atoms with Gasteiger partial charge in [-0.2, -0.15) is 11.8 Å². The minimum atomic E-state index is 0.255. The molecule has 0 aromatic heterocycles. The van der Waals surface area contributed by atoms with E-state index in [0.717, 1.165) is 28.3 Å². The summed E-state index contributed by atoms with van der Waals surface area (Å²) in [7, 11) is 0. The van der Waals surface area contributed by atoms with Gasteiger partial charge in [0.15, 0.2) is 0 Å². The summed E-state index contributed by atoms with van der Waals surface area (Å²) < 4.78 is 1.23. The highest BCUT2D eigenvalue weighted by Gasteiger charge is 2.31. The van der Waals surface area contributed by atoms with E-state index in [4.69, 9.17) is 17.3 Å². The molecule has 1 unspecified atom stereocenters. The molecule has 106 valence electrons. The van der Waals surface area contributed by atoms with Gasteiger partial charge in [0.05, 0.1) is 5.02 Å². The van der Waals surface area contributed by atoms with Gasteiger partial charge in [-0.05, 0) is 47.5 Å². The molecule has 1 atom stereocenters. The second kappa shape index (κ2) is 6.35. The van der Waals surface area contributed by atoms with Gasteiger partial charge in [0.2, 0.25) is 0 Å². The smallest absolute Gasteiger partial charge is 0.0551 e. The van der Waals surface area contributed by atoms with Crippen molar-refractivity contribution in [2.45, 2.75) is 24.6 Å². The van der Waals surface area contributed by atoms with Crippen LogP contribution in [0.1, 0.15) is 25.5 Å². The van der Waals surface area contributed by atoms with Crippen molar-refractivity contribution in [1.29, 1.82) is 0 Å². The zero-order chi connectivity index (χ0) is 14.0. The van der Waals surface area contributed by atoms with Crippen LogP contribution < -0.4 is 5.73 Å². The summed E-state index contributed by atoms with van der Waals surface area (Å²) in [5, 5.41) is 0.751. The first kappa shape index (κ1) is 15.6. The van der Waals surface area contributed by atoms with Crippen molar-refractivity contribution in [1.82, 2.24) is 4.90 Å². The van der Waals surface area contributed by atoms with Crippen LogP contribution in [0.4, 0.5) is 0 Å². The second-order valence-electron chi connectivity index (χ2n) is 5.50. The zero-order valence-electron chi connectivity index (χ0n) is 11.3. The SMILES string of the molecule is CC1(C)CN(C(CN)c2ccc(Br)c(Cl)c2)CCS1. The number of rotatable bonds is 3. The molecule has 2 rings (SSSR count). The van der Waals surface area contributed by atoms with Crippen LogP contribution in [0.25, 0.3) is 0 Å². The summed E-state index contributed by atoms with van der Waals surface area (Å²) in [5.74, 6) is 1.16. The molecular formula is C14H20BrClN2S. The topological polar surface area (TPSA) is 29.3 Å². The van der Waals surface area contributed by atoms with Crippen LogP contribution in [-0.4, -0.2) is 35.0 Å². The molecule has 0 aliphatic carbocycles. The van der Waals surface area contributed by atoms with E-state index in [1.54, 1.807) is 0 Å². The van der Waals surface area contributed by atoms with Crippen molar-refractivity contribution in [2.75, 3.05) is 25.4 Å². The minimum Gasteiger partial charge on any atom is -0.329 e. The quantitative estimate of drug-likeness (QED) is 0.882. The Hall–Kier alpha value is 0.260. The van der Waals surface area contributed by atoms with Gasteiger partial charge in [0, 0.05) is 40.6 Å². The maximum absolute atomic E-state index is 6.20. The van der Waals surface area contributed by atoms with E-state index >= 15 is 0 Å². The third-order valence-electron chi connectivity index (χ3n) is 3.45. The van der Waals surface area contributed by atoms with Crippen LogP contribution >= 0.6 is 39.3 Å². The Morgan fingerprint density at radius 3 is 2.84 bits per heavy atom. The van der Waals surface area contributed by atoms with E-state index in [-0.39, 0.29) is 6.04 Å². The molecule has 1 saturated heterocycles. The third-order valence-corrected chi connectivity index (χ3v) is 5.98. The van der Waals surface area contributed by atoms with Crippen LogP contribution in [0.15, 0.2) is 22.7 Å². The normalized spacial score (nSPS) is 21.3. The standard InChI is InChI=1S/C14H20BrClN2S/c1-14(2)9-18(5-6-19-14)13(8-17)10-3-4-11(15)12(16)7-10/h3-4,7,13H,5-6,8-9,17H2,1-2H3. The van der Waals surface area contributed by atoms with Gasteiger partial charge in [-0.1, -0.05) is 17.7 Å². The first-order valence-corrected chi connectivity index (χ1v) is 8.61. The van der Waals surface area contributed by atoms with Gasteiger partial charge in [0.25, 0.3) is 0 Å². The third kappa shape index (κ3) is 3.88. The Morgan fingerprint density at radius 2 is 2.26 bits per heavy atom. The average Bonchev–Trinajstić information content (AvgIpc) is 2.33. The highest BCUT2D eigenvalue weighted by Crippen LogP contribution is 2.35. The molecular weight excluding hydrogens is 344 g/mol. The van der Waals surface area contributed by atoms with Crippen LogP contribution in [0, 0.1) is 0 Å². The maximum Gasteiger partial charge on any atom is 0.0551 e. The van der Waals surface area contributed by atoms with Crippen molar-refractivity contribution in [3.8, 4) is 0 Å². The number of benzene rings is 1. The lowest BCUT2D eigenvalue weighted by molar-refractivity contribution is 0.192. The number of hydrogen-bond donors (Lipinski definition) is 1. The van der Waals surface area contributed by atoms with Gasteiger partial charge in [0.1, 0.15) is 0 Å². The Morgan fingerprint density at radius 1 is 1.53 bits per heavy atom. The summed E-state index contributed by atoms with van der Waals surface area (Å²) in [6, 6.07) is 6.40. The molecule has 2 N–H and O–H groups in total. The first-order chi connectivity index (χ1) is 8.93. The molecule has 0 saturated carbocycles. The molecule has 1 fully saturated rings. The average molecular weight is 364 g/mol. The first-order valence-electron chi connectivity index (χ1n) is 6.46. The molecule has 1 aromatic carbocycles. The van der Waals surface area contributed by atoms with Gasteiger partial charge in [-0.25, -0.2) is 0 Å². The lowest BCUT2D eigenvalue weighted by atomic mass is 10.0. The van der Waals surface area contributed by atoms with E-state index in [9.17, 15) is 0 Å². The van der Waals surface area contributed by atoms with Crippen molar-refractivity contribution in [3.63, 3.8) is 0 Å². The van der Waals surface area contributed by atoms with E-state index in [1.165, 1.54) is 5.56 Å². The molecule has 1 heterocycles. The Bertz CT molecular complexity index is 453. The van der Waals surface area contributed by atoms with E-state index in [1.807, 2.05) is 23.9 Å². The van der Waals surface area contributed by atoms with Crippen LogP contribution in [-0.2, 0) is 0 Å². The number of hydrogen-bond acceptors (Lipinski definition) is 3. The van der Waals surface area contributed by atoms with Gasteiger partial charge >= 0.3 is 0 Å². The monoisotopic (exact) mass is 362 g/mol. The molecule has 0 bridgehead atoms. The van der Waals surface area contributed by atoms with Crippen LogP contribution in [0.2, 0.25) is 5.02 Å². The van der Waals surface area contributed by atoms with Gasteiger partial charge in [-0.3, -0.25) is 4.90 Å². The highest BCUT2D eigenvalue weighted by atomic mass is 79.9. The molecule has 2 nitrogen and oxygen atoms in total. The summed E-state index contributed by atoms with van der Waals surface area (Å²) in [5.41, 5.74) is 7.22. The van der Waals surface area contributed by atoms with E-state index in [2.05, 4.69) is 40.7 Å². The summed E-state index contributed by atoms with van der Waals surface area (Å²) in [6.07, 6.45) is 0. The molecule has 5 heteroatoms. The van der Waals surface area contributed by atoms with Crippen LogP contribution in [0.3, 0.4) is 0 Å². The Balaban J connectivity index is 2.21. The second-order valence-corrected chi connectivity index (χ2v) is 8.57.